The highest BCUT2D eigenvalue weighted by atomic mass is 79.9. The lowest BCUT2D eigenvalue weighted by atomic mass is 10.3. The molecule has 0 radical (unpaired) electrons. The second-order valence-electron chi connectivity index (χ2n) is 5.95. The van der Waals surface area contributed by atoms with Gasteiger partial charge in [0, 0.05) is 24.6 Å². The molecular weight excluding hydrogens is 436 g/mol. The number of aromatic nitrogens is 2. The molecule has 1 aromatic carbocycles. The van der Waals surface area contributed by atoms with Crippen LogP contribution in [0.5, 0.6) is 5.75 Å². The van der Waals surface area contributed by atoms with Crippen LogP contribution in [-0.4, -0.2) is 60.0 Å². The number of thioether (sulfide) groups is 1. The van der Waals surface area contributed by atoms with Crippen molar-refractivity contribution in [3.63, 3.8) is 0 Å². The van der Waals surface area contributed by atoms with Crippen molar-refractivity contribution in [3.05, 3.63) is 28.7 Å². The largest absolute Gasteiger partial charge is 0.492 e. The molecule has 1 aliphatic rings. The molecule has 9 heteroatoms. The Bertz CT molecular complexity index is 720. The highest BCUT2D eigenvalue weighted by Gasteiger charge is 2.18. The van der Waals surface area contributed by atoms with Gasteiger partial charge in [-0.15, -0.1) is 10.2 Å². The van der Waals surface area contributed by atoms with E-state index in [2.05, 4.69) is 31.0 Å². The second kappa shape index (κ2) is 9.57. The minimum Gasteiger partial charge on any atom is -0.492 e. The zero-order valence-corrected chi connectivity index (χ0v) is 17.8. The molecule has 0 bridgehead atoms. The van der Waals surface area contributed by atoms with Gasteiger partial charge in [0.1, 0.15) is 12.4 Å². The van der Waals surface area contributed by atoms with Crippen molar-refractivity contribution in [1.29, 1.82) is 0 Å². The number of benzene rings is 1. The Hall–Kier alpha value is -1.32. The molecule has 3 rings (SSSR count). The molecule has 1 aliphatic heterocycles. The van der Waals surface area contributed by atoms with E-state index in [-0.39, 0.29) is 5.91 Å². The van der Waals surface area contributed by atoms with Crippen LogP contribution in [0.1, 0.15) is 12.8 Å². The highest BCUT2D eigenvalue weighted by molar-refractivity contribution is 9.10. The number of amides is 1. The zero-order chi connectivity index (χ0) is 18.4. The Morgan fingerprint density at radius 1 is 1.31 bits per heavy atom. The minimum atomic E-state index is 0.0623. The summed E-state index contributed by atoms with van der Waals surface area (Å²) < 4.78 is 7.52. The fraction of sp³-hybridized carbons (Fsp3) is 0.471. The van der Waals surface area contributed by atoms with E-state index < -0.39 is 0 Å². The number of hydrogen-bond acceptors (Lipinski definition) is 7. The lowest BCUT2D eigenvalue weighted by Gasteiger charge is -2.17. The lowest BCUT2D eigenvalue weighted by Crippen LogP contribution is -2.32. The summed E-state index contributed by atoms with van der Waals surface area (Å²) >= 11 is 6.41. The summed E-state index contributed by atoms with van der Waals surface area (Å²) in [6.45, 7) is 3.12. The Kier molecular flexibility index (Phi) is 7.15. The lowest BCUT2D eigenvalue weighted by molar-refractivity contribution is -0.127. The molecular formula is C17H21BrN4O2S2. The Morgan fingerprint density at radius 3 is 2.77 bits per heavy atom. The first-order valence-electron chi connectivity index (χ1n) is 8.45. The van der Waals surface area contributed by atoms with Crippen molar-refractivity contribution in [1.82, 2.24) is 15.1 Å². The molecule has 0 atom stereocenters. The number of hydrogen-bond donors (Lipinski definition) is 0. The SMILES string of the molecule is CN(CCOc1ccc(Br)cc1)C(=O)CSc1nnc(N2CCCC2)s1. The van der Waals surface area contributed by atoms with Gasteiger partial charge in [-0.05, 0) is 37.1 Å². The molecule has 1 amide bonds. The van der Waals surface area contributed by atoms with Gasteiger partial charge in [-0.1, -0.05) is 39.0 Å². The van der Waals surface area contributed by atoms with Crippen LogP contribution in [0.4, 0.5) is 5.13 Å². The van der Waals surface area contributed by atoms with Gasteiger partial charge >= 0.3 is 0 Å². The molecule has 0 N–H and O–H groups in total. The summed E-state index contributed by atoms with van der Waals surface area (Å²) in [6, 6.07) is 7.66. The number of nitrogens with zero attached hydrogens (tertiary/aromatic N) is 4. The van der Waals surface area contributed by atoms with Crippen LogP contribution in [0.3, 0.4) is 0 Å². The van der Waals surface area contributed by atoms with Gasteiger partial charge in [0.2, 0.25) is 11.0 Å². The molecule has 140 valence electrons. The number of carbonyl (C=O) groups excluding carboxylic acids is 1. The van der Waals surface area contributed by atoms with Crippen LogP contribution in [0, 0.1) is 0 Å². The molecule has 0 saturated carbocycles. The maximum Gasteiger partial charge on any atom is 0.232 e. The summed E-state index contributed by atoms with van der Waals surface area (Å²) in [5.74, 6) is 1.22. The van der Waals surface area contributed by atoms with Crippen LogP contribution in [0.25, 0.3) is 0 Å². The number of ether oxygens (including phenoxy) is 1. The quantitative estimate of drug-likeness (QED) is 0.566. The summed E-state index contributed by atoms with van der Waals surface area (Å²) in [4.78, 5) is 16.2. The van der Waals surface area contributed by atoms with Gasteiger partial charge in [-0.2, -0.15) is 0 Å². The molecule has 0 spiro atoms. The van der Waals surface area contributed by atoms with Gasteiger partial charge in [0.05, 0.1) is 12.3 Å². The molecule has 1 saturated heterocycles. The number of carbonyl (C=O) groups is 1. The fourth-order valence-corrected chi connectivity index (χ4v) is 4.58. The van der Waals surface area contributed by atoms with E-state index in [4.69, 9.17) is 4.74 Å². The first-order chi connectivity index (χ1) is 12.6. The summed E-state index contributed by atoms with van der Waals surface area (Å²) in [5.41, 5.74) is 0. The zero-order valence-electron chi connectivity index (χ0n) is 14.6. The standard InChI is InChI=1S/C17H21BrN4O2S2/c1-21(10-11-24-14-6-4-13(18)5-7-14)15(23)12-25-17-20-19-16(26-17)22-8-2-3-9-22/h4-7H,2-3,8-12H2,1H3. The molecule has 26 heavy (non-hydrogen) atoms. The molecule has 0 unspecified atom stereocenters. The van der Waals surface area contributed by atoms with Crippen molar-refractivity contribution >= 4 is 50.1 Å². The van der Waals surface area contributed by atoms with Crippen molar-refractivity contribution in [2.75, 3.05) is 43.9 Å². The molecule has 2 heterocycles. The minimum absolute atomic E-state index is 0.0623. The normalized spacial score (nSPS) is 13.8. The number of likely N-dealkylation sites (N-methyl/N-ethyl adjacent to an activating group) is 1. The summed E-state index contributed by atoms with van der Waals surface area (Å²) in [5, 5.41) is 9.39. The van der Waals surface area contributed by atoms with Crippen LogP contribution in [0.15, 0.2) is 33.1 Å². The summed E-state index contributed by atoms with van der Waals surface area (Å²) in [7, 11) is 1.80. The monoisotopic (exact) mass is 456 g/mol. The Morgan fingerprint density at radius 2 is 2.04 bits per heavy atom. The third-order valence-corrected chi connectivity index (χ3v) is 6.66. The Balaban J connectivity index is 1.37. The first kappa shape index (κ1) is 19.4. The van der Waals surface area contributed by atoms with Crippen LogP contribution in [-0.2, 0) is 4.79 Å². The maximum absolute atomic E-state index is 12.3. The summed E-state index contributed by atoms with van der Waals surface area (Å²) in [6.07, 6.45) is 2.43. The van der Waals surface area contributed by atoms with Crippen molar-refractivity contribution in [2.24, 2.45) is 0 Å². The van der Waals surface area contributed by atoms with Gasteiger partial charge < -0.3 is 14.5 Å². The first-order valence-corrected chi connectivity index (χ1v) is 11.0. The fourth-order valence-electron chi connectivity index (χ4n) is 2.49. The van der Waals surface area contributed by atoms with Gasteiger partial charge in [0.25, 0.3) is 0 Å². The highest BCUT2D eigenvalue weighted by Crippen LogP contribution is 2.29. The smallest absolute Gasteiger partial charge is 0.232 e. The predicted molar refractivity (Wildman–Crippen MR) is 109 cm³/mol. The molecule has 1 fully saturated rings. The van der Waals surface area contributed by atoms with Crippen molar-refractivity contribution in [2.45, 2.75) is 17.2 Å². The van der Waals surface area contributed by atoms with Gasteiger partial charge in [0.15, 0.2) is 4.34 Å². The van der Waals surface area contributed by atoms with Crippen molar-refractivity contribution < 1.29 is 9.53 Å². The van der Waals surface area contributed by atoms with Crippen LogP contribution < -0.4 is 9.64 Å². The van der Waals surface area contributed by atoms with E-state index >= 15 is 0 Å². The van der Waals surface area contributed by atoms with E-state index in [9.17, 15) is 4.79 Å². The second-order valence-corrected chi connectivity index (χ2v) is 9.05. The molecule has 0 aliphatic carbocycles. The van der Waals surface area contributed by atoms with E-state index in [0.717, 1.165) is 32.8 Å². The van der Waals surface area contributed by atoms with E-state index in [1.807, 2.05) is 24.3 Å². The Labute approximate surface area is 170 Å². The molecule has 6 nitrogen and oxygen atoms in total. The maximum atomic E-state index is 12.3. The molecule has 1 aromatic heterocycles. The topological polar surface area (TPSA) is 58.6 Å². The third-order valence-electron chi connectivity index (χ3n) is 4.03. The van der Waals surface area contributed by atoms with Gasteiger partial charge in [-0.3, -0.25) is 4.79 Å². The van der Waals surface area contributed by atoms with Gasteiger partial charge in [-0.25, -0.2) is 0 Å². The number of halogens is 1. The van der Waals surface area contributed by atoms with E-state index in [1.54, 1.807) is 23.3 Å². The molecule has 2 aromatic rings. The average Bonchev–Trinajstić information content (AvgIpc) is 3.32. The average molecular weight is 457 g/mol. The van der Waals surface area contributed by atoms with E-state index in [0.29, 0.717) is 18.9 Å². The van der Waals surface area contributed by atoms with E-state index in [1.165, 1.54) is 24.6 Å². The van der Waals surface area contributed by atoms with Crippen LogP contribution in [0.2, 0.25) is 0 Å². The third kappa shape index (κ3) is 5.59. The number of anilines is 1. The van der Waals surface area contributed by atoms with Crippen LogP contribution >= 0.6 is 39.0 Å². The number of rotatable bonds is 8. The predicted octanol–water partition coefficient (Wildman–Crippen LogP) is 3.53. The van der Waals surface area contributed by atoms with Crippen molar-refractivity contribution in [3.8, 4) is 5.75 Å².